The van der Waals surface area contributed by atoms with Gasteiger partial charge in [0.15, 0.2) is 0 Å². The molecule has 0 fully saturated rings. The number of carbonyl (C=O) groups is 1. The summed E-state index contributed by atoms with van der Waals surface area (Å²) in [6.45, 7) is 2.79. The Morgan fingerprint density at radius 2 is 2.38 bits per heavy atom. The molecule has 5 nitrogen and oxygen atoms in total. The first-order valence-electron chi connectivity index (χ1n) is 5.12. The number of hydrogen-bond acceptors (Lipinski definition) is 4. The fourth-order valence-electron chi connectivity index (χ4n) is 1.72. The molecule has 0 aliphatic rings. The average Bonchev–Trinajstić information content (AvgIpc) is 2.65. The molecular formula is C11H13N3O2. The van der Waals surface area contributed by atoms with Crippen molar-refractivity contribution < 1.29 is 9.53 Å². The van der Waals surface area contributed by atoms with Crippen LogP contribution in [0.3, 0.4) is 0 Å². The van der Waals surface area contributed by atoms with Crippen LogP contribution in [-0.2, 0) is 22.5 Å². The predicted molar refractivity (Wildman–Crippen MR) is 58.9 cm³/mol. The molecule has 0 unspecified atom stereocenters. The summed E-state index contributed by atoms with van der Waals surface area (Å²) in [5.41, 5.74) is 1.81. The average molecular weight is 219 g/mol. The highest BCUT2D eigenvalue weighted by atomic mass is 16.5. The van der Waals surface area contributed by atoms with Gasteiger partial charge in [0.1, 0.15) is 17.8 Å². The summed E-state index contributed by atoms with van der Waals surface area (Å²) >= 11 is 0. The topological polar surface area (TPSA) is 57.0 Å². The van der Waals surface area contributed by atoms with Crippen molar-refractivity contribution in [1.82, 2.24) is 14.5 Å². The molecule has 5 heteroatoms. The van der Waals surface area contributed by atoms with Crippen molar-refractivity contribution in [2.45, 2.75) is 19.9 Å². The van der Waals surface area contributed by atoms with Gasteiger partial charge in [0.2, 0.25) is 0 Å². The summed E-state index contributed by atoms with van der Waals surface area (Å²) in [4.78, 5) is 19.6. The second kappa shape index (κ2) is 4.30. The SMILES string of the molecule is CCn1c(CC(=O)OC)nc2cnccc21. The van der Waals surface area contributed by atoms with E-state index in [9.17, 15) is 4.79 Å². The first-order chi connectivity index (χ1) is 7.76. The van der Waals surface area contributed by atoms with E-state index in [0.717, 1.165) is 23.4 Å². The quantitative estimate of drug-likeness (QED) is 0.727. The maximum absolute atomic E-state index is 11.2. The Hall–Kier alpha value is -1.91. The lowest BCUT2D eigenvalue weighted by Gasteiger charge is -2.04. The first-order valence-corrected chi connectivity index (χ1v) is 5.12. The molecule has 2 aromatic rings. The Morgan fingerprint density at radius 3 is 3.06 bits per heavy atom. The van der Waals surface area contributed by atoms with Gasteiger partial charge in [-0.2, -0.15) is 0 Å². The smallest absolute Gasteiger partial charge is 0.313 e. The summed E-state index contributed by atoms with van der Waals surface area (Å²) in [5, 5.41) is 0. The number of fused-ring (bicyclic) bond motifs is 1. The van der Waals surface area contributed by atoms with E-state index in [-0.39, 0.29) is 12.4 Å². The molecule has 2 rings (SSSR count). The Balaban J connectivity index is 2.48. The van der Waals surface area contributed by atoms with E-state index < -0.39 is 0 Å². The Morgan fingerprint density at radius 1 is 1.56 bits per heavy atom. The summed E-state index contributed by atoms with van der Waals surface area (Å²) in [5.74, 6) is 0.440. The van der Waals surface area contributed by atoms with Crippen LogP contribution in [0.25, 0.3) is 11.0 Å². The van der Waals surface area contributed by atoms with Crippen LogP contribution in [0.5, 0.6) is 0 Å². The zero-order valence-corrected chi connectivity index (χ0v) is 9.30. The van der Waals surface area contributed by atoms with Crippen molar-refractivity contribution in [1.29, 1.82) is 0 Å². The number of methoxy groups -OCH3 is 1. The summed E-state index contributed by atoms with van der Waals surface area (Å²) in [6.07, 6.45) is 3.61. The fraction of sp³-hybridized carbons (Fsp3) is 0.364. The minimum absolute atomic E-state index is 0.193. The van der Waals surface area contributed by atoms with Gasteiger partial charge in [0, 0.05) is 12.7 Å². The highest BCUT2D eigenvalue weighted by molar-refractivity contribution is 5.77. The number of esters is 1. The van der Waals surface area contributed by atoms with E-state index in [1.807, 2.05) is 17.6 Å². The van der Waals surface area contributed by atoms with Gasteiger partial charge in [0.05, 0.1) is 18.8 Å². The van der Waals surface area contributed by atoms with Gasteiger partial charge < -0.3 is 9.30 Å². The summed E-state index contributed by atoms with van der Waals surface area (Å²) in [7, 11) is 1.38. The van der Waals surface area contributed by atoms with Gasteiger partial charge >= 0.3 is 5.97 Å². The number of carbonyl (C=O) groups excluding carboxylic acids is 1. The Labute approximate surface area is 93.1 Å². The van der Waals surface area contributed by atoms with Gasteiger partial charge in [-0.3, -0.25) is 9.78 Å². The highest BCUT2D eigenvalue weighted by Crippen LogP contribution is 2.15. The van der Waals surface area contributed by atoms with Gasteiger partial charge in [-0.25, -0.2) is 4.98 Å². The third-order valence-corrected chi connectivity index (χ3v) is 2.48. The van der Waals surface area contributed by atoms with Crippen LogP contribution >= 0.6 is 0 Å². The minimum Gasteiger partial charge on any atom is -0.469 e. The highest BCUT2D eigenvalue weighted by Gasteiger charge is 2.12. The second-order valence-electron chi connectivity index (χ2n) is 3.39. The fourth-order valence-corrected chi connectivity index (χ4v) is 1.72. The van der Waals surface area contributed by atoms with Gasteiger partial charge in [-0.05, 0) is 13.0 Å². The zero-order valence-electron chi connectivity index (χ0n) is 9.30. The molecule has 0 N–H and O–H groups in total. The molecule has 2 heterocycles. The van der Waals surface area contributed by atoms with Crippen LogP contribution in [0.2, 0.25) is 0 Å². The number of aryl methyl sites for hydroxylation is 1. The number of imidazole rings is 1. The molecule has 0 saturated heterocycles. The van der Waals surface area contributed by atoms with E-state index in [2.05, 4.69) is 14.7 Å². The maximum Gasteiger partial charge on any atom is 0.313 e. The van der Waals surface area contributed by atoms with Crippen molar-refractivity contribution >= 4 is 17.0 Å². The number of hydrogen-bond donors (Lipinski definition) is 0. The van der Waals surface area contributed by atoms with E-state index in [1.165, 1.54) is 7.11 Å². The molecule has 84 valence electrons. The second-order valence-corrected chi connectivity index (χ2v) is 3.39. The molecule has 0 aromatic carbocycles. The standard InChI is InChI=1S/C11H13N3O2/c1-3-14-9-4-5-12-7-8(9)13-10(14)6-11(15)16-2/h4-5,7H,3,6H2,1-2H3. The van der Waals surface area contributed by atoms with Crippen molar-refractivity contribution in [2.75, 3.05) is 7.11 Å². The minimum atomic E-state index is -0.280. The lowest BCUT2D eigenvalue weighted by atomic mass is 10.4. The summed E-state index contributed by atoms with van der Waals surface area (Å²) in [6, 6.07) is 1.90. The van der Waals surface area contributed by atoms with E-state index >= 15 is 0 Å². The van der Waals surface area contributed by atoms with Crippen LogP contribution in [0.1, 0.15) is 12.7 Å². The van der Waals surface area contributed by atoms with E-state index in [0.29, 0.717) is 0 Å². The van der Waals surface area contributed by atoms with Crippen molar-refractivity contribution in [3.63, 3.8) is 0 Å². The monoisotopic (exact) mass is 219 g/mol. The van der Waals surface area contributed by atoms with Crippen LogP contribution in [0, 0.1) is 0 Å². The maximum atomic E-state index is 11.2. The van der Waals surface area contributed by atoms with Crippen LogP contribution < -0.4 is 0 Å². The van der Waals surface area contributed by atoms with Gasteiger partial charge in [0.25, 0.3) is 0 Å². The van der Waals surface area contributed by atoms with Crippen LogP contribution in [-0.4, -0.2) is 27.6 Å². The van der Waals surface area contributed by atoms with Gasteiger partial charge in [-0.1, -0.05) is 0 Å². The third-order valence-electron chi connectivity index (χ3n) is 2.48. The molecule has 16 heavy (non-hydrogen) atoms. The molecule has 0 saturated carbocycles. The van der Waals surface area contributed by atoms with Crippen LogP contribution in [0.4, 0.5) is 0 Å². The molecule has 2 aromatic heterocycles. The zero-order chi connectivity index (χ0) is 11.5. The van der Waals surface area contributed by atoms with Crippen molar-refractivity contribution in [2.24, 2.45) is 0 Å². The lowest BCUT2D eigenvalue weighted by Crippen LogP contribution is -2.10. The number of nitrogens with zero attached hydrogens (tertiary/aromatic N) is 3. The number of ether oxygens (including phenoxy) is 1. The molecule has 0 radical (unpaired) electrons. The lowest BCUT2D eigenvalue weighted by molar-refractivity contribution is -0.139. The van der Waals surface area contributed by atoms with Crippen molar-refractivity contribution in [3.8, 4) is 0 Å². The molecule has 0 atom stereocenters. The number of rotatable bonds is 3. The molecular weight excluding hydrogens is 206 g/mol. The number of pyridine rings is 1. The predicted octanol–water partition coefficient (Wildman–Crippen LogP) is 1.17. The third kappa shape index (κ3) is 1.76. The van der Waals surface area contributed by atoms with Crippen molar-refractivity contribution in [3.05, 3.63) is 24.3 Å². The molecule has 0 bridgehead atoms. The Bertz CT molecular complexity index is 519. The largest absolute Gasteiger partial charge is 0.469 e. The Kier molecular flexibility index (Phi) is 2.85. The normalized spacial score (nSPS) is 10.6. The first kappa shape index (κ1) is 10.6. The van der Waals surface area contributed by atoms with E-state index in [4.69, 9.17) is 0 Å². The van der Waals surface area contributed by atoms with E-state index in [1.54, 1.807) is 12.4 Å². The molecule has 0 aliphatic heterocycles. The molecule has 0 amide bonds. The van der Waals surface area contributed by atoms with Crippen LogP contribution in [0.15, 0.2) is 18.5 Å². The number of aromatic nitrogens is 3. The molecule has 0 aliphatic carbocycles. The molecule has 0 spiro atoms. The van der Waals surface area contributed by atoms with Gasteiger partial charge in [-0.15, -0.1) is 0 Å². The summed E-state index contributed by atoms with van der Waals surface area (Å²) < 4.78 is 6.64.